The second-order valence-corrected chi connectivity index (χ2v) is 4.96. The number of hydrogen-bond acceptors (Lipinski definition) is 1. The summed E-state index contributed by atoms with van der Waals surface area (Å²) >= 11 is 8.24. The van der Waals surface area contributed by atoms with Crippen molar-refractivity contribution < 1.29 is 13.2 Å². The van der Waals surface area contributed by atoms with Gasteiger partial charge in [0.15, 0.2) is 0 Å². The molecule has 96 valence electrons. The quantitative estimate of drug-likeness (QED) is 0.807. The van der Waals surface area contributed by atoms with Crippen molar-refractivity contribution in [2.24, 2.45) is 0 Å². The number of nitrogens with one attached hydrogen (secondary N) is 1. The summed E-state index contributed by atoms with van der Waals surface area (Å²) in [6.07, 6.45) is -4.41. The number of benzene rings is 1. The van der Waals surface area contributed by atoms with Gasteiger partial charge in [-0.15, -0.1) is 0 Å². The van der Waals surface area contributed by atoms with Gasteiger partial charge in [0.25, 0.3) is 0 Å². The Morgan fingerprint density at radius 1 is 1.28 bits per heavy atom. The van der Waals surface area contributed by atoms with Gasteiger partial charge in [-0.1, -0.05) is 46.3 Å². The molecule has 0 fully saturated rings. The molecule has 0 saturated carbocycles. The predicted octanol–water partition coefficient (Wildman–Crippen LogP) is 4.38. The molecule has 0 saturated heterocycles. The summed E-state index contributed by atoms with van der Waals surface area (Å²) in [7, 11) is 0. The fraction of sp³-hybridized carbons (Fsp3) is 0.182. The molecule has 0 aliphatic carbocycles. The first-order chi connectivity index (χ1) is 8.38. The third kappa shape index (κ3) is 2.84. The van der Waals surface area contributed by atoms with Crippen molar-refractivity contribution >= 4 is 28.1 Å². The van der Waals surface area contributed by atoms with Crippen molar-refractivity contribution in [1.29, 1.82) is 0 Å². The number of hydrogen-bond donors (Lipinski definition) is 1. The van der Waals surface area contributed by atoms with Gasteiger partial charge in [0, 0.05) is 10.5 Å². The zero-order valence-electron chi connectivity index (χ0n) is 8.96. The van der Waals surface area contributed by atoms with Crippen molar-refractivity contribution in [3.05, 3.63) is 50.7 Å². The molecule has 0 aliphatic rings. The maximum absolute atomic E-state index is 12.5. The molecule has 7 heteroatoms. The molecule has 1 heterocycles. The lowest BCUT2D eigenvalue weighted by molar-refractivity contribution is -0.141. The lowest BCUT2D eigenvalue weighted by Crippen LogP contribution is -2.08. The van der Waals surface area contributed by atoms with Crippen LogP contribution in [0.15, 0.2) is 34.8 Å². The topological polar surface area (TPSA) is 20.7 Å². The maximum atomic E-state index is 12.5. The van der Waals surface area contributed by atoms with E-state index in [0.717, 1.165) is 16.1 Å². The van der Waals surface area contributed by atoms with E-state index in [1.807, 2.05) is 24.3 Å². The van der Waals surface area contributed by atoms with Crippen LogP contribution >= 0.6 is 28.1 Å². The van der Waals surface area contributed by atoms with Crippen LogP contribution in [0, 0.1) is 4.64 Å². The second kappa shape index (κ2) is 4.89. The van der Waals surface area contributed by atoms with Crippen LogP contribution in [-0.4, -0.2) is 9.78 Å². The van der Waals surface area contributed by atoms with Gasteiger partial charge in [0.05, 0.1) is 6.54 Å². The lowest BCUT2D eigenvalue weighted by atomic mass is 10.2. The fourth-order valence-corrected chi connectivity index (χ4v) is 2.13. The first kappa shape index (κ1) is 13.4. The Bertz CT molecular complexity index is 615. The van der Waals surface area contributed by atoms with Crippen molar-refractivity contribution in [3.63, 3.8) is 0 Å². The number of nitrogens with zero attached hydrogens (tertiary/aromatic N) is 1. The molecule has 0 bridgehead atoms. The van der Waals surface area contributed by atoms with Gasteiger partial charge in [0.1, 0.15) is 10.3 Å². The van der Waals surface area contributed by atoms with Crippen LogP contribution < -0.4 is 0 Å². The van der Waals surface area contributed by atoms with Gasteiger partial charge in [0.2, 0.25) is 0 Å². The van der Waals surface area contributed by atoms with Crippen molar-refractivity contribution in [1.82, 2.24) is 9.78 Å². The Morgan fingerprint density at radius 2 is 1.94 bits per heavy atom. The molecule has 0 aliphatic heterocycles. The first-order valence-electron chi connectivity index (χ1n) is 4.98. The molecule has 0 amide bonds. The Morgan fingerprint density at radius 3 is 2.50 bits per heavy atom. The van der Waals surface area contributed by atoms with Crippen molar-refractivity contribution in [2.45, 2.75) is 12.7 Å². The molecule has 1 aromatic heterocycles. The molecule has 0 unspecified atom stereocenters. The number of rotatable bonds is 2. The highest BCUT2D eigenvalue weighted by atomic mass is 79.9. The van der Waals surface area contributed by atoms with Gasteiger partial charge in [-0.2, -0.15) is 13.2 Å². The minimum Gasteiger partial charge on any atom is -0.293 e. The average molecular weight is 337 g/mol. The Labute approximate surface area is 115 Å². The molecule has 2 rings (SSSR count). The van der Waals surface area contributed by atoms with Crippen LogP contribution in [0.1, 0.15) is 11.3 Å². The summed E-state index contributed by atoms with van der Waals surface area (Å²) < 4.78 is 39.7. The van der Waals surface area contributed by atoms with Crippen molar-refractivity contribution in [2.75, 3.05) is 0 Å². The first-order valence-corrected chi connectivity index (χ1v) is 6.18. The summed E-state index contributed by atoms with van der Waals surface area (Å²) in [4.78, 5) is 0. The van der Waals surface area contributed by atoms with E-state index in [9.17, 15) is 13.2 Å². The third-order valence-corrected chi connectivity index (χ3v) is 3.49. The predicted molar refractivity (Wildman–Crippen MR) is 67.9 cm³/mol. The smallest absolute Gasteiger partial charge is 0.293 e. The molecule has 1 aromatic carbocycles. The highest BCUT2D eigenvalue weighted by molar-refractivity contribution is 9.10. The average Bonchev–Trinajstić information content (AvgIpc) is 2.63. The minimum atomic E-state index is -4.41. The summed E-state index contributed by atoms with van der Waals surface area (Å²) in [5.74, 6) is 0. The number of H-pyrrole nitrogens is 1. The lowest BCUT2D eigenvalue weighted by Gasteiger charge is -2.06. The van der Waals surface area contributed by atoms with Crippen LogP contribution in [0.3, 0.4) is 0 Å². The van der Waals surface area contributed by atoms with E-state index in [0.29, 0.717) is 0 Å². The van der Waals surface area contributed by atoms with Gasteiger partial charge < -0.3 is 0 Å². The van der Waals surface area contributed by atoms with Crippen LogP contribution in [0.2, 0.25) is 0 Å². The molecule has 18 heavy (non-hydrogen) atoms. The number of aromatic nitrogens is 2. The summed E-state index contributed by atoms with van der Waals surface area (Å²) in [6.45, 7) is 0.260. The number of halogens is 4. The van der Waals surface area contributed by atoms with E-state index in [2.05, 4.69) is 21.0 Å². The van der Waals surface area contributed by atoms with Gasteiger partial charge in [-0.3, -0.25) is 9.78 Å². The van der Waals surface area contributed by atoms with Crippen LogP contribution in [0.5, 0.6) is 0 Å². The van der Waals surface area contributed by atoms with E-state index < -0.39 is 11.9 Å². The number of aromatic amines is 1. The molecular formula is C11H8BrF3N2S. The molecule has 1 N–H and O–H groups in total. The Balaban J connectivity index is 2.34. The summed E-state index contributed by atoms with van der Waals surface area (Å²) in [5.41, 5.74) is 0.0173. The van der Waals surface area contributed by atoms with E-state index in [-0.39, 0.29) is 11.2 Å². The van der Waals surface area contributed by atoms with Crippen LogP contribution in [-0.2, 0) is 12.7 Å². The third-order valence-electron chi connectivity index (χ3n) is 2.38. The van der Waals surface area contributed by atoms with E-state index in [4.69, 9.17) is 12.2 Å². The Kier molecular flexibility index (Phi) is 3.63. The van der Waals surface area contributed by atoms with Crippen molar-refractivity contribution in [3.8, 4) is 0 Å². The molecule has 0 radical (unpaired) electrons. The normalized spacial score (nSPS) is 11.8. The standard InChI is InChI=1S/C11H8BrF3N2S/c12-8-4-2-1-3-7(8)6-17-10(18)5-9(16-17)11(13,14)15/h1-5,16H,6H2. The molecule has 0 atom stereocenters. The van der Waals surface area contributed by atoms with E-state index in [1.54, 1.807) is 0 Å². The van der Waals surface area contributed by atoms with Crippen LogP contribution in [0.25, 0.3) is 0 Å². The van der Waals surface area contributed by atoms with Crippen LogP contribution in [0.4, 0.5) is 13.2 Å². The highest BCUT2D eigenvalue weighted by Gasteiger charge is 2.32. The fourth-order valence-electron chi connectivity index (χ4n) is 1.49. The molecule has 0 spiro atoms. The monoisotopic (exact) mass is 336 g/mol. The van der Waals surface area contributed by atoms with Gasteiger partial charge in [-0.05, 0) is 11.6 Å². The van der Waals surface area contributed by atoms with Gasteiger partial charge >= 0.3 is 6.18 Å². The summed E-state index contributed by atoms with van der Waals surface area (Å²) in [5, 5.41) is 2.26. The zero-order chi connectivity index (χ0) is 13.3. The summed E-state index contributed by atoms with van der Waals surface area (Å²) in [6, 6.07) is 8.22. The molecule has 2 nitrogen and oxygen atoms in total. The second-order valence-electron chi connectivity index (χ2n) is 3.68. The highest BCUT2D eigenvalue weighted by Crippen LogP contribution is 2.28. The number of alkyl halides is 3. The van der Waals surface area contributed by atoms with E-state index in [1.165, 1.54) is 4.68 Å². The Hall–Kier alpha value is -1.08. The largest absolute Gasteiger partial charge is 0.432 e. The SMILES string of the molecule is FC(F)(F)c1cc(=S)n(Cc2ccccc2Br)[nH]1. The minimum absolute atomic E-state index is 0.123. The molecule has 2 aromatic rings. The van der Waals surface area contributed by atoms with E-state index >= 15 is 0 Å². The van der Waals surface area contributed by atoms with Gasteiger partial charge in [-0.25, -0.2) is 0 Å². The molecular weight excluding hydrogens is 329 g/mol. The maximum Gasteiger partial charge on any atom is 0.432 e. The zero-order valence-corrected chi connectivity index (χ0v) is 11.4.